The number of aliphatic hydroxyl groups excluding tert-OH is 1. The van der Waals surface area contributed by atoms with E-state index < -0.39 is 113 Å². The van der Waals surface area contributed by atoms with Gasteiger partial charge in [-0.3, -0.25) is 19.2 Å². The Bertz CT molecular complexity index is 1620. The molecule has 2 aliphatic heterocycles. The van der Waals surface area contributed by atoms with E-state index in [0.717, 1.165) is 12.5 Å². The minimum absolute atomic E-state index is 0.212. The van der Waals surface area contributed by atoms with Crippen LogP contribution in [0.25, 0.3) is 0 Å². The molecule has 0 amide bonds. The van der Waals surface area contributed by atoms with Crippen molar-refractivity contribution >= 4 is 36.3 Å². The number of hydrogen-bond acceptors (Lipinski definition) is 15. The highest BCUT2D eigenvalue weighted by molar-refractivity contribution is 5.80. The molecule has 0 aromatic carbocycles. The molecule has 1 aromatic rings. The van der Waals surface area contributed by atoms with Gasteiger partial charge in [-0.15, -0.1) is 0 Å². The molecule has 292 valence electrons. The molecule has 1 spiro atoms. The molecule has 2 saturated carbocycles. The molecule has 15 nitrogen and oxygen atoms in total. The zero-order chi connectivity index (χ0) is 39.3. The van der Waals surface area contributed by atoms with E-state index in [1.807, 2.05) is 13.8 Å². The average molecular weight is 747 g/mol. The van der Waals surface area contributed by atoms with E-state index in [0.29, 0.717) is 18.4 Å². The lowest BCUT2D eigenvalue weighted by molar-refractivity contribution is -0.216. The third kappa shape index (κ3) is 6.53. The Morgan fingerprint density at radius 3 is 2.40 bits per heavy atom. The van der Waals surface area contributed by atoms with Gasteiger partial charge in [0.15, 0.2) is 12.2 Å². The normalized spacial score (nSPS) is 38.5. The molecular formula is C38H50O15. The fourth-order valence-electron chi connectivity index (χ4n) is 9.76. The second-order valence-electron chi connectivity index (χ2n) is 15.5. The van der Waals surface area contributed by atoms with E-state index in [2.05, 4.69) is 6.58 Å². The Kier molecular flexibility index (Phi) is 11.0. The van der Waals surface area contributed by atoms with Gasteiger partial charge >= 0.3 is 29.8 Å². The van der Waals surface area contributed by atoms with Crippen LogP contribution in [0, 0.1) is 28.6 Å². The first-order valence-corrected chi connectivity index (χ1v) is 17.8. The Morgan fingerprint density at radius 1 is 1.13 bits per heavy atom. The molecule has 13 atom stereocenters. The number of epoxide rings is 1. The van der Waals surface area contributed by atoms with E-state index in [1.165, 1.54) is 27.2 Å². The first-order valence-electron chi connectivity index (χ1n) is 17.8. The molecule has 2 saturated heterocycles. The lowest BCUT2D eigenvalue weighted by atomic mass is 9.48. The fraction of sp³-hybridized carbons (Fsp3) is 0.684. The number of aliphatic hydroxyl groups is 1. The van der Waals surface area contributed by atoms with Crippen LogP contribution in [-0.4, -0.2) is 96.9 Å². The van der Waals surface area contributed by atoms with Crippen molar-refractivity contribution < 1.29 is 71.4 Å². The van der Waals surface area contributed by atoms with Gasteiger partial charge in [-0.05, 0) is 41.9 Å². The first kappa shape index (κ1) is 40.0. The quantitative estimate of drug-likeness (QED) is 0.101. The summed E-state index contributed by atoms with van der Waals surface area (Å²) in [6, 6.07) is 1.79. The van der Waals surface area contributed by atoms with Crippen molar-refractivity contribution in [3.63, 3.8) is 0 Å². The Hall–Kier alpha value is -4.24. The van der Waals surface area contributed by atoms with Gasteiger partial charge in [-0.1, -0.05) is 40.7 Å². The molecule has 4 fully saturated rings. The minimum Gasteiger partial charge on any atom is -0.472 e. The molecule has 15 heteroatoms. The number of esters is 5. The van der Waals surface area contributed by atoms with Gasteiger partial charge in [0.05, 0.1) is 37.6 Å². The van der Waals surface area contributed by atoms with E-state index in [1.54, 1.807) is 26.2 Å². The summed E-state index contributed by atoms with van der Waals surface area (Å²) in [5.74, 6) is -7.19. The first-order chi connectivity index (χ1) is 24.9. The number of hydrogen-bond donors (Lipinski definition) is 1. The number of carbonyl (C=O) groups is 6. The zero-order valence-corrected chi connectivity index (χ0v) is 31.4. The van der Waals surface area contributed by atoms with E-state index in [-0.39, 0.29) is 18.8 Å². The summed E-state index contributed by atoms with van der Waals surface area (Å²) in [6.45, 7) is 15.1. The van der Waals surface area contributed by atoms with E-state index in [9.17, 15) is 33.9 Å². The Labute approximate surface area is 307 Å². The maximum absolute atomic E-state index is 13.9. The highest BCUT2D eigenvalue weighted by Crippen LogP contribution is 2.76. The summed E-state index contributed by atoms with van der Waals surface area (Å²) in [4.78, 5) is 78.2. The summed E-state index contributed by atoms with van der Waals surface area (Å²) >= 11 is 0. The molecular weight excluding hydrogens is 696 g/mol. The van der Waals surface area contributed by atoms with E-state index >= 15 is 0 Å². The summed E-state index contributed by atoms with van der Waals surface area (Å²) in [5.41, 5.74) is -4.44. The summed E-state index contributed by atoms with van der Waals surface area (Å²) in [7, 11) is 1.19. The van der Waals surface area contributed by atoms with Crippen molar-refractivity contribution in [3.05, 3.63) is 36.3 Å². The topological polar surface area (TPSA) is 204 Å². The lowest BCUT2D eigenvalue weighted by Crippen LogP contribution is -2.67. The van der Waals surface area contributed by atoms with Crippen LogP contribution in [-0.2, 0) is 61.9 Å². The summed E-state index contributed by atoms with van der Waals surface area (Å²) in [5, 5.41) is 11.1. The standard InChI is InChI=1S/C38H50O15/c1-10-19(2)30(43)34(45)51-32-31(49-18-39)29(20(3)38-27(52-38)13-24(37(32,38)8)23-11-12-47-16-23)35(6)15-25(50-22(5)41)33(44)53-36(7,17-48-21(4)40)26(35)14-28(42)46-9/h11-12,16,18-19,24-27,29-32,43H,3,10,13-15,17H2,1-2,4-9H3. The van der Waals surface area contributed by atoms with Crippen molar-refractivity contribution in [2.75, 3.05) is 13.7 Å². The van der Waals surface area contributed by atoms with Crippen molar-refractivity contribution in [1.82, 2.24) is 0 Å². The van der Waals surface area contributed by atoms with Crippen LogP contribution >= 0.6 is 0 Å². The number of furan rings is 1. The SMILES string of the molecule is C=C1C(C2(C)CC(OC(C)=O)C(=O)OC(C)(COC(C)=O)C2CC(=O)OC)C(OC=O)C(OC(=O)C(O)C(C)CC)C2(C)C(c3ccoc3)CC3OC132. The molecule has 0 bridgehead atoms. The summed E-state index contributed by atoms with van der Waals surface area (Å²) < 4.78 is 46.4. The molecule has 4 aliphatic rings. The van der Waals surface area contributed by atoms with Crippen LogP contribution in [0.1, 0.15) is 85.6 Å². The van der Waals surface area contributed by atoms with Crippen molar-refractivity contribution in [3.8, 4) is 0 Å². The second-order valence-corrected chi connectivity index (χ2v) is 15.5. The maximum Gasteiger partial charge on any atom is 0.348 e. The van der Waals surface area contributed by atoms with Gasteiger partial charge in [-0.2, -0.15) is 0 Å². The largest absolute Gasteiger partial charge is 0.472 e. The molecule has 13 unspecified atom stereocenters. The number of cyclic esters (lactones) is 1. The summed E-state index contributed by atoms with van der Waals surface area (Å²) in [6.07, 6.45) is -2.95. The van der Waals surface area contributed by atoms with Gasteiger partial charge < -0.3 is 42.7 Å². The monoisotopic (exact) mass is 746 g/mol. The number of carbonyl (C=O) groups excluding carboxylic acids is 6. The molecule has 2 aliphatic carbocycles. The smallest absolute Gasteiger partial charge is 0.348 e. The highest BCUT2D eigenvalue weighted by Gasteiger charge is 2.84. The number of ether oxygens (including phenoxy) is 7. The van der Waals surface area contributed by atoms with Crippen molar-refractivity contribution in [1.29, 1.82) is 0 Å². The maximum atomic E-state index is 13.9. The fourth-order valence-corrected chi connectivity index (χ4v) is 9.76. The number of rotatable bonds is 13. The van der Waals surface area contributed by atoms with Gasteiger partial charge in [0, 0.05) is 38.0 Å². The highest BCUT2D eigenvalue weighted by atomic mass is 16.6. The second kappa shape index (κ2) is 14.5. The Morgan fingerprint density at radius 2 is 1.83 bits per heavy atom. The van der Waals surface area contributed by atoms with Crippen molar-refractivity contribution in [2.24, 2.45) is 28.6 Å². The van der Waals surface area contributed by atoms with Gasteiger partial charge in [-0.25, -0.2) is 9.59 Å². The van der Waals surface area contributed by atoms with Crippen LogP contribution < -0.4 is 0 Å². The van der Waals surface area contributed by atoms with Crippen LogP contribution in [0.15, 0.2) is 35.2 Å². The van der Waals surface area contributed by atoms with Crippen LogP contribution in [0.5, 0.6) is 0 Å². The molecule has 3 heterocycles. The number of methoxy groups -OCH3 is 1. The van der Waals surface area contributed by atoms with Gasteiger partial charge in [0.1, 0.15) is 30.0 Å². The lowest BCUT2D eigenvalue weighted by Gasteiger charge is -2.59. The van der Waals surface area contributed by atoms with Crippen LogP contribution in [0.4, 0.5) is 0 Å². The molecule has 1 aromatic heterocycles. The predicted molar refractivity (Wildman–Crippen MR) is 180 cm³/mol. The molecule has 1 N–H and O–H groups in total. The minimum atomic E-state index is -1.76. The van der Waals surface area contributed by atoms with Gasteiger partial charge in [0.2, 0.25) is 0 Å². The van der Waals surface area contributed by atoms with Crippen LogP contribution in [0.2, 0.25) is 0 Å². The van der Waals surface area contributed by atoms with Crippen LogP contribution in [0.3, 0.4) is 0 Å². The third-order valence-electron chi connectivity index (χ3n) is 12.5. The molecule has 53 heavy (non-hydrogen) atoms. The van der Waals surface area contributed by atoms with E-state index in [4.69, 9.17) is 37.6 Å². The van der Waals surface area contributed by atoms with Crippen molar-refractivity contribution in [2.45, 2.75) is 122 Å². The zero-order valence-electron chi connectivity index (χ0n) is 31.4. The third-order valence-corrected chi connectivity index (χ3v) is 12.5. The average Bonchev–Trinajstić information content (AvgIpc) is 3.47. The molecule has 0 radical (unpaired) electrons. The predicted octanol–water partition coefficient (Wildman–Crippen LogP) is 3.34. The van der Waals surface area contributed by atoms with Gasteiger partial charge in [0.25, 0.3) is 6.47 Å². The molecule has 5 rings (SSSR count). The Balaban J connectivity index is 1.78.